The number of ether oxygens (including phenoxy) is 4. The number of hydrogen-bond donors (Lipinski definition) is 0. The zero-order valence-electron chi connectivity index (χ0n) is 18.5. The van der Waals surface area contributed by atoms with Gasteiger partial charge in [-0.15, -0.1) is 0 Å². The molecule has 0 bridgehead atoms. The Morgan fingerprint density at radius 3 is 1.91 bits per heavy atom. The molecule has 0 amide bonds. The number of rotatable bonds is 8. The van der Waals surface area contributed by atoms with Gasteiger partial charge in [0.1, 0.15) is 17.2 Å². The van der Waals surface area contributed by atoms with Crippen LogP contribution in [0.3, 0.4) is 0 Å². The summed E-state index contributed by atoms with van der Waals surface area (Å²) >= 11 is 0. The number of fused-ring (bicyclic) bond motifs is 1. The fraction of sp³-hybridized carbons (Fsp3) is 0.107. The molecule has 0 N–H and O–H groups in total. The van der Waals surface area contributed by atoms with Crippen molar-refractivity contribution in [3.8, 4) is 28.7 Å². The van der Waals surface area contributed by atoms with E-state index in [2.05, 4.69) is 6.58 Å². The fourth-order valence-corrected chi connectivity index (χ4v) is 3.25. The molecule has 0 saturated carbocycles. The average molecular weight is 440 g/mol. The molecule has 166 valence electrons. The Balaban J connectivity index is 1.79. The van der Waals surface area contributed by atoms with Gasteiger partial charge in [0.25, 0.3) is 0 Å². The number of benzene rings is 4. The molecule has 5 heteroatoms. The third-order valence-corrected chi connectivity index (χ3v) is 4.77. The van der Waals surface area contributed by atoms with Gasteiger partial charge in [-0.3, -0.25) is 0 Å². The highest BCUT2D eigenvalue weighted by atomic mass is 16.7. The number of carbonyl (C=O) groups excluding carboxylic acids is 1. The van der Waals surface area contributed by atoms with E-state index in [4.69, 9.17) is 18.9 Å². The Labute approximate surface area is 192 Å². The standard InChI is InChI=1S/C28H24O5/c1-19(2)28(29)31-20(3)30-25-18-26(32-21-12-6-4-7-13-21)27(24-17-11-10-16-23(24)25)33-22-14-8-5-9-15-22/h4-18,20H,1H2,2-3H3. The van der Waals surface area contributed by atoms with E-state index in [0.717, 1.165) is 10.8 Å². The van der Waals surface area contributed by atoms with E-state index in [9.17, 15) is 4.79 Å². The first kappa shape index (κ1) is 22.0. The third kappa shape index (κ3) is 5.33. The van der Waals surface area contributed by atoms with Gasteiger partial charge in [-0.2, -0.15) is 0 Å². The minimum absolute atomic E-state index is 0.301. The molecule has 0 spiro atoms. The van der Waals surface area contributed by atoms with Crippen LogP contribution in [0.5, 0.6) is 28.7 Å². The van der Waals surface area contributed by atoms with Crippen molar-refractivity contribution in [2.45, 2.75) is 20.1 Å². The second kappa shape index (κ2) is 9.92. The van der Waals surface area contributed by atoms with E-state index >= 15 is 0 Å². The molecule has 5 nitrogen and oxygen atoms in total. The van der Waals surface area contributed by atoms with Gasteiger partial charge in [0.05, 0.1) is 0 Å². The lowest BCUT2D eigenvalue weighted by Gasteiger charge is -2.20. The van der Waals surface area contributed by atoms with Gasteiger partial charge in [0, 0.05) is 29.3 Å². The van der Waals surface area contributed by atoms with Crippen LogP contribution in [0.25, 0.3) is 10.8 Å². The molecule has 0 heterocycles. The van der Waals surface area contributed by atoms with Crippen molar-refractivity contribution >= 4 is 16.7 Å². The Bertz CT molecular complexity index is 1270. The highest BCUT2D eigenvalue weighted by Gasteiger charge is 2.20. The van der Waals surface area contributed by atoms with Gasteiger partial charge < -0.3 is 18.9 Å². The van der Waals surface area contributed by atoms with Crippen LogP contribution < -0.4 is 14.2 Å². The van der Waals surface area contributed by atoms with Crippen LogP contribution in [-0.2, 0) is 9.53 Å². The lowest BCUT2D eigenvalue weighted by Crippen LogP contribution is -2.21. The van der Waals surface area contributed by atoms with Crippen LogP contribution >= 0.6 is 0 Å². The molecule has 0 aliphatic carbocycles. The van der Waals surface area contributed by atoms with Gasteiger partial charge in [-0.25, -0.2) is 4.79 Å². The largest absolute Gasteiger partial charge is 0.454 e. The first-order valence-electron chi connectivity index (χ1n) is 10.6. The minimum atomic E-state index is -0.830. The normalized spacial score (nSPS) is 11.5. The Hall–Kier alpha value is -4.25. The van der Waals surface area contributed by atoms with Crippen LogP contribution in [0, 0.1) is 0 Å². The highest BCUT2D eigenvalue weighted by Crippen LogP contribution is 2.45. The summed E-state index contributed by atoms with van der Waals surface area (Å²) in [6.45, 7) is 6.85. The van der Waals surface area contributed by atoms with E-state index in [1.165, 1.54) is 0 Å². The summed E-state index contributed by atoms with van der Waals surface area (Å²) in [5, 5.41) is 1.59. The summed E-state index contributed by atoms with van der Waals surface area (Å²) < 4.78 is 23.8. The molecule has 1 atom stereocenters. The first-order valence-corrected chi connectivity index (χ1v) is 10.6. The average Bonchev–Trinajstić information content (AvgIpc) is 2.82. The van der Waals surface area contributed by atoms with Crippen molar-refractivity contribution in [2.24, 2.45) is 0 Å². The predicted molar refractivity (Wildman–Crippen MR) is 128 cm³/mol. The Kier molecular flexibility index (Phi) is 6.60. The number of carbonyl (C=O) groups is 1. The molecule has 0 saturated heterocycles. The monoisotopic (exact) mass is 440 g/mol. The molecular weight excluding hydrogens is 416 g/mol. The topological polar surface area (TPSA) is 54.0 Å². The van der Waals surface area contributed by atoms with Crippen molar-refractivity contribution < 1.29 is 23.7 Å². The molecule has 1 unspecified atom stereocenters. The minimum Gasteiger partial charge on any atom is -0.454 e. The molecule has 4 aromatic carbocycles. The van der Waals surface area contributed by atoms with Crippen molar-refractivity contribution in [1.82, 2.24) is 0 Å². The van der Waals surface area contributed by atoms with Crippen molar-refractivity contribution in [3.63, 3.8) is 0 Å². The quantitative estimate of drug-likeness (QED) is 0.164. The Morgan fingerprint density at radius 2 is 1.30 bits per heavy atom. The third-order valence-electron chi connectivity index (χ3n) is 4.77. The van der Waals surface area contributed by atoms with Crippen LogP contribution in [0.15, 0.2) is 103 Å². The summed E-state index contributed by atoms with van der Waals surface area (Å²) in [6, 6.07) is 28.4. The zero-order chi connectivity index (χ0) is 23.2. The molecule has 4 rings (SSSR count). The maximum absolute atomic E-state index is 11.9. The second-order valence-corrected chi connectivity index (χ2v) is 7.45. The number of para-hydroxylation sites is 2. The van der Waals surface area contributed by atoms with Gasteiger partial charge >= 0.3 is 5.97 Å². The smallest absolute Gasteiger partial charge is 0.336 e. The van der Waals surface area contributed by atoms with Crippen LogP contribution in [0.4, 0.5) is 0 Å². The van der Waals surface area contributed by atoms with E-state index in [-0.39, 0.29) is 0 Å². The van der Waals surface area contributed by atoms with Gasteiger partial charge in [0.2, 0.25) is 6.29 Å². The van der Waals surface area contributed by atoms with E-state index in [0.29, 0.717) is 34.3 Å². The fourth-order valence-electron chi connectivity index (χ4n) is 3.25. The van der Waals surface area contributed by atoms with Gasteiger partial charge in [-0.1, -0.05) is 67.2 Å². The summed E-state index contributed by atoms with van der Waals surface area (Å²) in [6.07, 6.45) is -0.830. The van der Waals surface area contributed by atoms with Gasteiger partial charge in [0.15, 0.2) is 11.5 Å². The summed E-state index contributed by atoms with van der Waals surface area (Å²) in [5.74, 6) is 2.34. The van der Waals surface area contributed by atoms with E-state index in [1.54, 1.807) is 19.9 Å². The number of hydrogen-bond acceptors (Lipinski definition) is 5. The van der Waals surface area contributed by atoms with Crippen LogP contribution in [0.2, 0.25) is 0 Å². The predicted octanol–water partition coefficient (Wildman–Crippen LogP) is 7.27. The molecular formula is C28H24O5. The highest BCUT2D eigenvalue weighted by molar-refractivity contribution is 5.96. The summed E-state index contributed by atoms with van der Waals surface area (Å²) in [5.41, 5.74) is 0.301. The van der Waals surface area contributed by atoms with Crippen molar-refractivity contribution in [1.29, 1.82) is 0 Å². The first-order chi connectivity index (χ1) is 16.0. The van der Waals surface area contributed by atoms with E-state index in [1.807, 2.05) is 84.9 Å². The molecule has 0 aliphatic heterocycles. The number of esters is 1. The molecule has 0 radical (unpaired) electrons. The summed E-state index contributed by atoms with van der Waals surface area (Å²) in [4.78, 5) is 11.9. The molecule has 0 aliphatic rings. The SMILES string of the molecule is C=C(C)C(=O)OC(C)Oc1cc(Oc2ccccc2)c(Oc2ccccc2)c2ccccc12. The molecule has 4 aromatic rings. The van der Waals surface area contributed by atoms with Crippen molar-refractivity contribution in [2.75, 3.05) is 0 Å². The zero-order valence-corrected chi connectivity index (χ0v) is 18.5. The van der Waals surface area contributed by atoms with Crippen LogP contribution in [0.1, 0.15) is 13.8 Å². The lowest BCUT2D eigenvalue weighted by atomic mass is 10.1. The van der Waals surface area contributed by atoms with Crippen molar-refractivity contribution in [3.05, 3.63) is 103 Å². The Morgan fingerprint density at radius 1 is 0.758 bits per heavy atom. The van der Waals surface area contributed by atoms with Crippen LogP contribution in [-0.4, -0.2) is 12.3 Å². The maximum atomic E-state index is 11.9. The molecule has 0 aromatic heterocycles. The van der Waals surface area contributed by atoms with E-state index < -0.39 is 12.3 Å². The lowest BCUT2D eigenvalue weighted by molar-refractivity contribution is -0.156. The second-order valence-electron chi connectivity index (χ2n) is 7.45. The van der Waals surface area contributed by atoms with Gasteiger partial charge in [-0.05, 0) is 31.2 Å². The maximum Gasteiger partial charge on any atom is 0.336 e. The molecule has 0 fully saturated rings. The molecule has 33 heavy (non-hydrogen) atoms. The summed E-state index contributed by atoms with van der Waals surface area (Å²) in [7, 11) is 0.